The highest BCUT2D eigenvalue weighted by Crippen LogP contribution is 2.22. The van der Waals surface area contributed by atoms with Crippen LogP contribution in [0.5, 0.6) is 0 Å². The highest BCUT2D eigenvalue weighted by atomic mass is 79.9. The molecule has 1 N–H and O–H groups in total. The summed E-state index contributed by atoms with van der Waals surface area (Å²) >= 11 is 3.27. The molecule has 0 amide bonds. The Morgan fingerprint density at radius 2 is 1.80 bits per heavy atom. The molecule has 0 unspecified atom stereocenters. The van der Waals surface area contributed by atoms with Gasteiger partial charge in [0.2, 0.25) is 0 Å². The van der Waals surface area contributed by atoms with Gasteiger partial charge in [-0.05, 0) is 45.3 Å². The number of halogens is 1. The molecule has 1 aromatic heterocycles. The smallest absolute Gasteiger partial charge is 0.336 e. The standard InChI is InChI=1S/C24H19BrN2O3/c25-22-12-18(10-11-21(22)24(28)29)16-30-26-13-19-15-27(14-17-6-2-1-3-7-17)23-9-5-4-8-20(19)23/h1-13,15H,14,16H2,(H,28,29)/b26-13+. The number of oxime groups is 1. The molecule has 1 heterocycles. The minimum Gasteiger partial charge on any atom is -0.478 e. The fraction of sp³-hybridized carbons (Fsp3) is 0.0833. The lowest BCUT2D eigenvalue weighted by atomic mass is 10.1. The molecule has 6 heteroatoms. The van der Waals surface area contributed by atoms with Crippen LogP contribution in [0.4, 0.5) is 0 Å². The molecule has 30 heavy (non-hydrogen) atoms. The lowest BCUT2D eigenvalue weighted by molar-refractivity contribution is 0.0695. The van der Waals surface area contributed by atoms with E-state index in [-0.39, 0.29) is 12.2 Å². The Bertz CT molecular complexity index is 1220. The van der Waals surface area contributed by atoms with Crippen LogP contribution in [0.1, 0.15) is 27.0 Å². The topological polar surface area (TPSA) is 63.8 Å². The Balaban J connectivity index is 1.49. The number of hydrogen-bond donors (Lipinski definition) is 1. The molecule has 0 aliphatic rings. The van der Waals surface area contributed by atoms with Gasteiger partial charge >= 0.3 is 5.97 Å². The molecule has 150 valence electrons. The van der Waals surface area contributed by atoms with Crippen LogP contribution in [0.2, 0.25) is 0 Å². The van der Waals surface area contributed by atoms with E-state index in [2.05, 4.69) is 56.1 Å². The highest BCUT2D eigenvalue weighted by Gasteiger charge is 2.09. The van der Waals surface area contributed by atoms with Gasteiger partial charge in [-0.1, -0.05) is 59.8 Å². The number of carboxylic acid groups (broad SMARTS) is 1. The monoisotopic (exact) mass is 462 g/mol. The molecule has 0 bridgehead atoms. The number of hydrogen-bond acceptors (Lipinski definition) is 3. The van der Waals surface area contributed by atoms with Gasteiger partial charge in [-0.15, -0.1) is 0 Å². The number of rotatable bonds is 7. The summed E-state index contributed by atoms with van der Waals surface area (Å²) in [6, 6.07) is 23.5. The second-order valence-electron chi connectivity index (χ2n) is 6.84. The molecule has 0 aliphatic heterocycles. The van der Waals surface area contributed by atoms with Gasteiger partial charge in [-0.2, -0.15) is 0 Å². The zero-order valence-corrected chi connectivity index (χ0v) is 17.6. The van der Waals surface area contributed by atoms with Crippen molar-refractivity contribution in [3.05, 3.63) is 106 Å². The van der Waals surface area contributed by atoms with E-state index in [1.165, 1.54) is 5.56 Å². The van der Waals surface area contributed by atoms with Crippen molar-refractivity contribution in [2.45, 2.75) is 13.2 Å². The predicted molar refractivity (Wildman–Crippen MR) is 121 cm³/mol. The Morgan fingerprint density at radius 1 is 1.03 bits per heavy atom. The fourth-order valence-corrected chi connectivity index (χ4v) is 3.91. The maximum absolute atomic E-state index is 11.1. The molecular weight excluding hydrogens is 444 g/mol. The first-order valence-corrected chi connectivity index (χ1v) is 10.2. The Labute approximate surface area is 182 Å². The van der Waals surface area contributed by atoms with Crippen LogP contribution in [0.3, 0.4) is 0 Å². The molecule has 5 nitrogen and oxygen atoms in total. The van der Waals surface area contributed by atoms with E-state index in [0.29, 0.717) is 4.47 Å². The first-order valence-electron chi connectivity index (χ1n) is 9.40. The minimum atomic E-state index is -0.973. The number of para-hydroxylation sites is 1. The van der Waals surface area contributed by atoms with Crippen LogP contribution in [0, 0.1) is 0 Å². The molecule has 0 saturated carbocycles. The third kappa shape index (κ3) is 4.44. The summed E-state index contributed by atoms with van der Waals surface area (Å²) < 4.78 is 2.72. The van der Waals surface area contributed by atoms with Crippen molar-refractivity contribution in [2.75, 3.05) is 0 Å². The van der Waals surface area contributed by atoms with Gasteiger partial charge in [0.1, 0.15) is 6.61 Å². The van der Waals surface area contributed by atoms with E-state index < -0.39 is 5.97 Å². The van der Waals surface area contributed by atoms with Gasteiger partial charge in [-0.3, -0.25) is 0 Å². The maximum atomic E-state index is 11.1. The number of nitrogens with zero attached hydrogens (tertiary/aromatic N) is 2. The normalized spacial score (nSPS) is 11.2. The van der Waals surface area contributed by atoms with Gasteiger partial charge in [0.05, 0.1) is 11.8 Å². The SMILES string of the molecule is O=C(O)c1ccc(CO/N=C/c2cn(Cc3ccccc3)c3ccccc23)cc1Br. The highest BCUT2D eigenvalue weighted by molar-refractivity contribution is 9.10. The molecule has 3 aromatic carbocycles. The number of carboxylic acids is 1. The number of carbonyl (C=O) groups is 1. The van der Waals surface area contributed by atoms with Crippen molar-refractivity contribution >= 4 is 39.0 Å². The van der Waals surface area contributed by atoms with Crippen LogP contribution < -0.4 is 0 Å². The maximum Gasteiger partial charge on any atom is 0.336 e. The average molecular weight is 463 g/mol. The van der Waals surface area contributed by atoms with Gasteiger partial charge in [0, 0.05) is 33.7 Å². The van der Waals surface area contributed by atoms with Gasteiger partial charge in [0.25, 0.3) is 0 Å². The van der Waals surface area contributed by atoms with Crippen LogP contribution in [0.25, 0.3) is 10.9 Å². The van der Waals surface area contributed by atoms with Crippen molar-refractivity contribution in [3.63, 3.8) is 0 Å². The van der Waals surface area contributed by atoms with E-state index in [0.717, 1.165) is 28.6 Å². The zero-order valence-electron chi connectivity index (χ0n) is 16.0. The van der Waals surface area contributed by atoms with E-state index in [9.17, 15) is 4.79 Å². The van der Waals surface area contributed by atoms with Crippen molar-refractivity contribution in [2.24, 2.45) is 5.16 Å². The molecule has 0 aliphatic carbocycles. The quantitative estimate of drug-likeness (QED) is 0.283. The van der Waals surface area contributed by atoms with E-state index in [1.807, 2.05) is 30.3 Å². The third-order valence-corrected chi connectivity index (χ3v) is 5.43. The largest absolute Gasteiger partial charge is 0.478 e. The van der Waals surface area contributed by atoms with Crippen molar-refractivity contribution in [1.29, 1.82) is 0 Å². The molecule has 0 spiro atoms. The number of aromatic nitrogens is 1. The molecule has 4 aromatic rings. The van der Waals surface area contributed by atoms with Crippen molar-refractivity contribution in [3.8, 4) is 0 Å². The molecule has 0 fully saturated rings. The summed E-state index contributed by atoms with van der Waals surface area (Å²) in [5.41, 5.74) is 4.39. The van der Waals surface area contributed by atoms with Crippen molar-refractivity contribution < 1.29 is 14.7 Å². The second kappa shape index (κ2) is 8.97. The van der Waals surface area contributed by atoms with Gasteiger partial charge < -0.3 is 14.5 Å². The predicted octanol–water partition coefficient (Wildman–Crippen LogP) is 5.70. The summed E-state index contributed by atoms with van der Waals surface area (Å²) in [4.78, 5) is 16.5. The molecule has 0 radical (unpaired) electrons. The zero-order chi connectivity index (χ0) is 20.9. The Morgan fingerprint density at radius 3 is 2.57 bits per heavy atom. The first-order chi connectivity index (χ1) is 14.6. The number of benzene rings is 3. The fourth-order valence-electron chi connectivity index (χ4n) is 3.32. The third-order valence-electron chi connectivity index (χ3n) is 4.78. The summed E-state index contributed by atoms with van der Waals surface area (Å²) in [6.07, 6.45) is 3.78. The minimum absolute atomic E-state index is 0.216. The lowest BCUT2D eigenvalue weighted by Gasteiger charge is -2.05. The average Bonchev–Trinajstić information content (AvgIpc) is 3.09. The second-order valence-corrected chi connectivity index (χ2v) is 7.70. The summed E-state index contributed by atoms with van der Waals surface area (Å²) in [5, 5.41) is 14.3. The molecule has 4 rings (SSSR count). The summed E-state index contributed by atoms with van der Waals surface area (Å²) in [7, 11) is 0. The molecule has 0 saturated heterocycles. The number of fused-ring (bicyclic) bond motifs is 1. The number of aromatic carboxylic acids is 1. The van der Waals surface area contributed by atoms with Crippen LogP contribution in [-0.4, -0.2) is 21.9 Å². The van der Waals surface area contributed by atoms with E-state index in [1.54, 1.807) is 24.4 Å². The molecular formula is C24H19BrN2O3. The lowest BCUT2D eigenvalue weighted by Crippen LogP contribution is -1.98. The van der Waals surface area contributed by atoms with Gasteiger partial charge in [-0.25, -0.2) is 4.79 Å². The summed E-state index contributed by atoms with van der Waals surface area (Å²) in [5.74, 6) is -0.973. The van der Waals surface area contributed by atoms with Crippen LogP contribution in [0.15, 0.2) is 88.6 Å². The van der Waals surface area contributed by atoms with Gasteiger partial charge in [0.15, 0.2) is 0 Å². The van der Waals surface area contributed by atoms with E-state index in [4.69, 9.17) is 9.94 Å². The Hall–Kier alpha value is -3.38. The van der Waals surface area contributed by atoms with Crippen molar-refractivity contribution in [1.82, 2.24) is 4.57 Å². The first kappa shape index (κ1) is 19.9. The van der Waals surface area contributed by atoms with E-state index >= 15 is 0 Å². The Kier molecular flexibility index (Phi) is 5.95. The molecule has 0 atom stereocenters. The van der Waals surface area contributed by atoms with Crippen LogP contribution in [-0.2, 0) is 18.0 Å². The summed E-state index contributed by atoms with van der Waals surface area (Å²) in [6.45, 7) is 1.03. The van der Waals surface area contributed by atoms with Crippen LogP contribution >= 0.6 is 15.9 Å².